The van der Waals surface area contributed by atoms with E-state index in [9.17, 15) is 98.7 Å². The van der Waals surface area contributed by atoms with Crippen LogP contribution < -0.4 is 48.3 Å². The number of amides is 12. The number of alkyl halides is 5. The standard InChI is InChI=1S/2C10H11FN2O4.2C9H9FN2O4.C8H10FNO4.C8H10O3/c2*1-17-7(14)5-3-2-4(11)10(6(3)5)8(15)12-9(16)13-10;2*10-3-1-2-4(6(13)14)5(2)9(3)7(15)11-8(16)12-9;9-3-1-2-4(6(11)12)5(2)8(3,10)7(13)14;1-11-8(10)7-4-2-3-5(9)6(4)7/h2*3-6H,2H2,1H3,(H2,12,13,15,16);2*2-5H,1H2,(H,13,14)(H2,11,12,15,16);2-5H,1,10H2,(H,11,12)(H,13,14);4,6-7H,2-3H2,1H3. The molecule has 91 heavy (non-hydrogen) atoms. The highest BCUT2D eigenvalue weighted by Crippen LogP contribution is 2.68. The lowest BCUT2D eigenvalue weighted by atomic mass is 9.89. The van der Waals surface area contributed by atoms with E-state index in [0.717, 1.165) is 6.42 Å². The summed E-state index contributed by atoms with van der Waals surface area (Å²) in [7, 11) is 3.88. The number of hydrogen-bond donors (Lipinski definition) is 13. The Kier molecular flexibility index (Phi) is 15.1. The molecule has 0 aromatic carbocycles. The van der Waals surface area contributed by atoms with Gasteiger partial charge in [-0.2, -0.15) is 0 Å². The topological polar surface area (TPSA) is 504 Å². The third-order valence-corrected chi connectivity index (χ3v) is 22.0. The lowest BCUT2D eigenvalue weighted by Crippen LogP contribution is -2.56. The Morgan fingerprint density at radius 1 is 0.407 bits per heavy atom. The van der Waals surface area contributed by atoms with Crippen LogP contribution in [0.15, 0.2) is 0 Å². The Morgan fingerprint density at radius 3 is 0.923 bits per heavy atom. The number of ketones is 1. The van der Waals surface area contributed by atoms with Crippen molar-refractivity contribution in [3.05, 3.63) is 0 Å². The predicted octanol–water partition coefficient (Wildman–Crippen LogP) is -2.97. The van der Waals surface area contributed by atoms with Crippen LogP contribution >= 0.6 is 0 Å². The zero-order valence-corrected chi connectivity index (χ0v) is 47.7. The summed E-state index contributed by atoms with van der Waals surface area (Å²) in [6.07, 6.45) is -5.73. The summed E-state index contributed by atoms with van der Waals surface area (Å²) >= 11 is 0. The number of esters is 3. The zero-order chi connectivity index (χ0) is 66.7. The molecule has 12 saturated carbocycles. The fourth-order valence-corrected chi connectivity index (χ4v) is 17.7. The third kappa shape index (κ3) is 9.16. The number of aliphatic carboxylic acids is 4. The Hall–Kier alpha value is -8.67. The van der Waals surface area contributed by atoms with Crippen LogP contribution in [0.2, 0.25) is 0 Å². The van der Waals surface area contributed by atoms with Crippen molar-refractivity contribution in [3.8, 4) is 0 Å². The van der Waals surface area contributed by atoms with E-state index in [4.69, 9.17) is 26.2 Å². The minimum Gasteiger partial charge on any atom is -0.481 e. The number of rotatable bonds is 7. The number of carbonyl (C=O) groups excluding carboxylic acids is 12. The number of Topliss-reactive ketones (excluding diaryl/α,β-unsaturated/α-hetero) is 1. The molecular weight excluding hydrogens is 1240 g/mol. The summed E-state index contributed by atoms with van der Waals surface area (Å²) in [5.74, 6) is -15.5. The largest absolute Gasteiger partial charge is 0.481 e. The summed E-state index contributed by atoms with van der Waals surface area (Å²) in [6, 6.07) is -2.89. The summed E-state index contributed by atoms with van der Waals surface area (Å²) in [5, 5.41) is 52.5. The van der Waals surface area contributed by atoms with E-state index in [-0.39, 0.29) is 79.4 Å². The summed E-state index contributed by atoms with van der Waals surface area (Å²) in [4.78, 5) is 179. The van der Waals surface area contributed by atoms with Gasteiger partial charge in [-0.05, 0) is 74.0 Å². The van der Waals surface area contributed by atoms with E-state index < -0.39 is 207 Å². The highest BCUT2D eigenvalue weighted by Gasteiger charge is 2.82. The number of carboxylic acids is 4. The van der Waals surface area contributed by atoms with Crippen molar-refractivity contribution in [3.63, 3.8) is 0 Å². The number of fused-ring (bicyclic) bond motifs is 10. The van der Waals surface area contributed by atoms with Crippen molar-refractivity contribution in [2.45, 2.75) is 103 Å². The third-order valence-electron chi connectivity index (χ3n) is 22.0. The Bertz CT molecular complexity index is 3210. The molecule has 494 valence electrons. The molecule has 12 amide bonds. The molecule has 0 aromatic rings. The van der Waals surface area contributed by atoms with E-state index in [0.29, 0.717) is 12.3 Å². The van der Waals surface area contributed by atoms with Crippen LogP contribution in [0.1, 0.15) is 44.9 Å². The van der Waals surface area contributed by atoms with Crippen LogP contribution in [0, 0.1) is 107 Å². The molecule has 0 radical (unpaired) electrons. The first-order valence-corrected chi connectivity index (χ1v) is 28.9. The Morgan fingerprint density at radius 2 is 0.670 bits per heavy atom. The van der Waals surface area contributed by atoms with Crippen molar-refractivity contribution in [1.29, 1.82) is 0 Å². The lowest BCUT2D eigenvalue weighted by Gasteiger charge is -2.26. The molecule has 28 unspecified atom stereocenters. The second-order valence-electron chi connectivity index (χ2n) is 25.7. The van der Waals surface area contributed by atoms with Crippen LogP contribution in [-0.2, 0) is 71.7 Å². The molecular formula is C54H60F5N9O23. The number of methoxy groups -OCH3 is 3. The molecule has 16 fully saturated rings. The molecule has 32 nitrogen and oxygen atoms in total. The average molecular weight is 1300 g/mol. The lowest BCUT2D eigenvalue weighted by molar-refractivity contribution is -0.148. The number of carboxylic acid groups (broad SMARTS) is 4. The first-order valence-electron chi connectivity index (χ1n) is 28.9. The van der Waals surface area contributed by atoms with E-state index in [1.54, 1.807) is 0 Å². The highest BCUT2D eigenvalue weighted by atomic mass is 19.2. The normalized spacial score (nSPS) is 47.0. The van der Waals surface area contributed by atoms with Crippen LogP contribution in [0.5, 0.6) is 0 Å². The summed E-state index contributed by atoms with van der Waals surface area (Å²) in [5.41, 5.74) is -2.95. The second kappa shape index (κ2) is 21.5. The SMILES string of the molecule is COC(=O)C1C2CC(F)C3(NC(=O)NC3=O)C21.COC(=O)C1C2CC(F)C3(NC(=O)NC3=O)C21.COC(=O)C1C2CCC(=O)C21.NC1(C(=O)O)C(F)CC2C(C(=O)O)C21.O=C1NC(=O)C2(N1)C(F)CC1C(C(=O)O)C12.O=C1NC(=O)C2(N1)C(F)CC1C(C(=O)O)C12. The van der Waals surface area contributed by atoms with E-state index in [1.165, 1.54) is 21.3 Å². The monoisotopic (exact) mass is 1300 g/mol. The predicted molar refractivity (Wildman–Crippen MR) is 276 cm³/mol. The van der Waals surface area contributed by atoms with Crippen LogP contribution in [-0.4, -0.2) is 196 Å². The van der Waals surface area contributed by atoms with Crippen LogP contribution in [0.25, 0.3) is 0 Å². The van der Waals surface area contributed by atoms with Crippen molar-refractivity contribution >= 4 is 95.3 Å². The number of carbonyl (C=O) groups is 16. The number of halogens is 5. The van der Waals surface area contributed by atoms with E-state index in [1.807, 2.05) is 21.3 Å². The summed E-state index contributed by atoms with van der Waals surface area (Å²) < 4.78 is 82.3. The summed E-state index contributed by atoms with van der Waals surface area (Å²) in [6.45, 7) is 0. The average Bonchev–Trinajstić information content (AvgIpc) is 1.54. The van der Waals surface area contributed by atoms with E-state index in [2.05, 4.69) is 35.5 Å². The molecule has 37 heteroatoms. The fraction of sp³-hybridized carbons (Fsp3) is 0.704. The van der Waals surface area contributed by atoms with Gasteiger partial charge in [0.15, 0.2) is 22.2 Å². The maximum Gasteiger partial charge on any atom is 0.327 e. The minimum absolute atomic E-state index is 0.0231. The van der Waals surface area contributed by atoms with Gasteiger partial charge in [-0.1, -0.05) is 0 Å². The van der Waals surface area contributed by atoms with Gasteiger partial charge in [-0.25, -0.2) is 41.1 Å². The highest BCUT2D eigenvalue weighted by molar-refractivity contribution is 6.11. The second-order valence-corrected chi connectivity index (χ2v) is 25.7. The number of urea groups is 4. The molecule has 4 saturated heterocycles. The van der Waals surface area contributed by atoms with Gasteiger partial charge < -0.3 is 61.6 Å². The van der Waals surface area contributed by atoms with Gasteiger partial charge in [0.05, 0.1) is 56.8 Å². The van der Waals surface area contributed by atoms with E-state index >= 15 is 0 Å². The fourth-order valence-electron chi connectivity index (χ4n) is 17.7. The molecule has 4 spiro atoms. The Balaban J connectivity index is 0.000000113. The van der Waals surface area contributed by atoms with Crippen molar-refractivity contribution in [2.75, 3.05) is 21.3 Å². The maximum absolute atomic E-state index is 13.9. The van der Waals surface area contributed by atoms with Gasteiger partial charge in [0.1, 0.15) is 42.2 Å². The molecule has 0 aromatic heterocycles. The molecule has 16 aliphatic rings. The van der Waals surface area contributed by atoms with Gasteiger partial charge in [0.25, 0.3) is 23.6 Å². The van der Waals surface area contributed by atoms with Gasteiger partial charge in [-0.15, -0.1) is 0 Å². The van der Waals surface area contributed by atoms with Crippen LogP contribution in [0.3, 0.4) is 0 Å². The first-order chi connectivity index (χ1) is 42.7. The molecule has 14 N–H and O–H groups in total. The van der Waals surface area contributed by atoms with Gasteiger partial charge in [0, 0.05) is 41.9 Å². The van der Waals surface area contributed by atoms with Gasteiger partial charge in [0.2, 0.25) is 0 Å². The van der Waals surface area contributed by atoms with Crippen LogP contribution in [0.4, 0.5) is 41.1 Å². The molecule has 28 atom stereocenters. The van der Waals surface area contributed by atoms with Gasteiger partial charge in [-0.3, -0.25) is 78.8 Å². The van der Waals surface area contributed by atoms with Crippen molar-refractivity contribution < 1.29 is 133 Å². The quantitative estimate of drug-likeness (QED) is 0.0524. The number of imide groups is 4. The maximum atomic E-state index is 13.9. The van der Waals surface area contributed by atoms with Crippen molar-refractivity contribution in [2.24, 2.45) is 112 Å². The first kappa shape index (κ1) is 63.9. The van der Waals surface area contributed by atoms with Crippen molar-refractivity contribution in [1.82, 2.24) is 42.5 Å². The molecule has 4 heterocycles. The Labute approximate surface area is 507 Å². The van der Waals surface area contributed by atoms with Gasteiger partial charge >= 0.3 is 65.9 Å². The molecule has 0 bridgehead atoms. The number of ether oxygens (including phenoxy) is 3. The smallest absolute Gasteiger partial charge is 0.327 e. The number of hydrogen-bond acceptors (Lipinski definition) is 20. The molecule has 12 aliphatic carbocycles. The molecule has 16 rings (SSSR count). The zero-order valence-electron chi connectivity index (χ0n) is 47.7. The molecule has 4 aliphatic heterocycles. The minimum atomic E-state index is -1.99. The number of nitrogens with one attached hydrogen (secondary N) is 8. The number of nitrogens with two attached hydrogens (primary N) is 1.